The van der Waals surface area contributed by atoms with E-state index < -0.39 is 0 Å². The molecule has 6 nitrogen and oxygen atoms in total. The third-order valence-corrected chi connectivity index (χ3v) is 3.00. The average Bonchev–Trinajstić information content (AvgIpc) is 2.81. The number of hydrogen-bond acceptors (Lipinski definition) is 3. The van der Waals surface area contributed by atoms with Crippen LogP contribution >= 0.6 is 0 Å². The van der Waals surface area contributed by atoms with E-state index in [-0.39, 0.29) is 24.1 Å². The van der Waals surface area contributed by atoms with E-state index in [1.807, 2.05) is 6.92 Å². The van der Waals surface area contributed by atoms with Gasteiger partial charge in [0.05, 0.1) is 12.1 Å². The molecule has 0 saturated carbocycles. The Hall–Kier alpha value is -1.30. The molecule has 104 valence electrons. The number of ether oxygens (including phenoxy) is 1. The predicted octanol–water partition coefficient (Wildman–Crippen LogP) is 0.331. The highest BCUT2D eigenvalue weighted by atomic mass is 16.5. The van der Waals surface area contributed by atoms with Crippen molar-refractivity contribution in [2.24, 2.45) is 0 Å². The van der Waals surface area contributed by atoms with Crippen molar-refractivity contribution in [3.63, 3.8) is 0 Å². The summed E-state index contributed by atoms with van der Waals surface area (Å²) in [5.41, 5.74) is 0. The zero-order chi connectivity index (χ0) is 13.5. The van der Waals surface area contributed by atoms with Gasteiger partial charge in [-0.1, -0.05) is 0 Å². The Kier molecular flexibility index (Phi) is 5.91. The number of amides is 3. The largest absolute Gasteiger partial charge is 0.376 e. The minimum atomic E-state index is -0.246. The normalized spacial score (nSPS) is 20.3. The van der Waals surface area contributed by atoms with Crippen LogP contribution in [-0.4, -0.2) is 56.2 Å². The van der Waals surface area contributed by atoms with Crippen molar-refractivity contribution in [1.82, 2.24) is 15.5 Å². The summed E-state index contributed by atoms with van der Waals surface area (Å²) in [6.45, 7) is 3.05. The topological polar surface area (TPSA) is 70.7 Å². The molecule has 3 amide bonds. The minimum absolute atomic E-state index is 0.00229. The quantitative estimate of drug-likeness (QED) is 0.745. The monoisotopic (exact) mass is 257 g/mol. The fourth-order valence-electron chi connectivity index (χ4n) is 1.85. The smallest absolute Gasteiger partial charge is 0.315 e. The van der Waals surface area contributed by atoms with Gasteiger partial charge in [-0.25, -0.2) is 4.79 Å². The molecular weight excluding hydrogens is 234 g/mol. The van der Waals surface area contributed by atoms with Gasteiger partial charge in [0.25, 0.3) is 0 Å². The molecule has 0 radical (unpaired) electrons. The summed E-state index contributed by atoms with van der Waals surface area (Å²) < 4.78 is 5.49. The van der Waals surface area contributed by atoms with Crippen LogP contribution in [0.1, 0.15) is 26.2 Å². The van der Waals surface area contributed by atoms with E-state index in [1.165, 1.54) is 4.90 Å². The van der Waals surface area contributed by atoms with E-state index in [1.54, 1.807) is 14.1 Å². The van der Waals surface area contributed by atoms with Crippen molar-refractivity contribution < 1.29 is 14.3 Å². The number of carbonyl (C=O) groups excluding carboxylic acids is 2. The molecule has 0 aromatic rings. The van der Waals surface area contributed by atoms with Gasteiger partial charge in [-0.3, -0.25) is 4.79 Å². The molecule has 0 aliphatic carbocycles. The van der Waals surface area contributed by atoms with E-state index in [0.29, 0.717) is 13.0 Å². The van der Waals surface area contributed by atoms with Crippen LogP contribution in [0.4, 0.5) is 4.79 Å². The van der Waals surface area contributed by atoms with Crippen LogP contribution in [0, 0.1) is 0 Å². The molecule has 18 heavy (non-hydrogen) atoms. The summed E-state index contributed by atoms with van der Waals surface area (Å²) in [6, 6.07) is -0.249. The Morgan fingerprint density at radius 3 is 2.72 bits per heavy atom. The molecule has 0 spiro atoms. The molecule has 1 aliphatic rings. The number of hydrogen-bond donors (Lipinski definition) is 2. The van der Waals surface area contributed by atoms with Crippen LogP contribution in [0.5, 0.6) is 0 Å². The van der Waals surface area contributed by atoms with Gasteiger partial charge >= 0.3 is 6.03 Å². The Morgan fingerprint density at radius 2 is 2.17 bits per heavy atom. The first-order chi connectivity index (χ1) is 8.50. The first-order valence-electron chi connectivity index (χ1n) is 6.37. The summed E-state index contributed by atoms with van der Waals surface area (Å²) in [4.78, 5) is 24.4. The summed E-state index contributed by atoms with van der Waals surface area (Å²) >= 11 is 0. The summed E-state index contributed by atoms with van der Waals surface area (Å²) in [5, 5.41) is 5.49. The third kappa shape index (κ3) is 4.91. The van der Waals surface area contributed by atoms with Gasteiger partial charge in [-0.15, -0.1) is 0 Å². The van der Waals surface area contributed by atoms with Crippen LogP contribution < -0.4 is 10.6 Å². The van der Waals surface area contributed by atoms with Crippen LogP contribution in [0.25, 0.3) is 0 Å². The average molecular weight is 257 g/mol. The van der Waals surface area contributed by atoms with Crippen LogP contribution in [0.2, 0.25) is 0 Å². The second-order valence-electron chi connectivity index (χ2n) is 4.78. The lowest BCUT2D eigenvalue weighted by molar-refractivity contribution is -0.128. The number of nitrogens with zero attached hydrogens (tertiary/aromatic N) is 1. The highest BCUT2D eigenvalue weighted by Crippen LogP contribution is 2.15. The highest BCUT2D eigenvalue weighted by molar-refractivity contribution is 5.78. The SMILES string of the molecule is CC(NC(=O)NCCC(=O)N(C)C)C1CCCO1. The Balaban J connectivity index is 2.15. The molecule has 1 fully saturated rings. The molecule has 0 bridgehead atoms. The summed E-state index contributed by atoms with van der Waals surface area (Å²) in [7, 11) is 3.39. The lowest BCUT2D eigenvalue weighted by Crippen LogP contribution is -2.46. The number of rotatable bonds is 5. The van der Waals surface area contributed by atoms with E-state index in [4.69, 9.17) is 4.74 Å². The molecular formula is C12H23N3O3. The number of urea groups is 1. The van der Waals surface area contributed by atoms with Crippen LogP contribution in [-0.2, 0) is 9.53 Å². The molecule has 2 N–H and O–H groups in total. The van der Waals surface area contributed by atoms with Crippen molar-refractivity contribution in [3.8, 4) is 0 Å². The van der Waals surface area contributed by atoms with E-state index in [2.05, 4.69) is 10.6 Å². The molecule has 1 saturated heterocycles. The van der Waals surface area contributed by atoms with E-state index >= 15 is 0 Å². The van der Waals surface area contributed by atoms with Crippen molar-refractivity contribution >= 4 is 11.9 Å². The van der Waals surface area contributed by atoms with Crippen molar-refractivity contribution in [2.45, 2.75) is 38.3 Å². The van der Waals surface area contributed by atoms with Gasteiger partial charge in [0.2, 0.25) is 5.91 Å². The molecule has 0 aromatic heterocycles. The molecule has 1 heterocycles. The zero-order valence-corrected chi connectivity index (χ0v) is 11.4. The Bertz CT molecular complexity index is 288. The minimum Gasteiger partial charge on any atom is -0.376 e. The van der Waals surface area contributed by atoms with Crippen molar-refractivity contribution in [2.75, 3.05) is 27.2 Å². The molecule has 1 rings (SSSR count). The van der Waals surface area contributed by atoms with E-state index in [0.717, 1.165) is 19.4 Å². The maximum absolute atomic E-state index is 11.6. The van der Waals surface area contributed by atoms with Gasteiger partial charge in [0.1, 0.15) is 0 Å². The van der Waals surface area contributed by atoms with Crippen LogP contribution in [0.15, 0.2) is 0 Å². The first-order valence-corrected chi connectivity index (χ1v) is 6.37. The van der Waals surface area contributed by atoms with E-state index in [9.17, 15) is 9.59 Å². The molecule has 6 heteroatoms. The number of nitrogens with one attached hydrogen (secondary N) is 2. The highest BCUT2D eigenvalue weighted by Gasteiger charge is 2.23. The number of carbonyl (C=O) groups is 2. The maximum Gasteiger partial charge on any atom is 0.315 e. The van der Waals surface area contributed by atoms with Gasteiger partial charge in [0, 0.05) is 33.7 Å². The third-order valence-electron chi connectivity index (χ3n) is 3.00. The zero-order valence-electron chi connectivity index (χ0n) is 11.4. The predicted molar refractivity (Wildman–Crippen MR) is 68.3 cm³/mol. The van der Waals surface area contributed by atoms with Crippen molar-refractivity contribution in [3.05, 3.63) is 0 Å². The van der Waals surface area contributed by atoms with Crippen molar-refractivity contribution in [1.29, 1.82) is 0 Å². The summed E-state index contributed by atoms with van der Waals surface area (Å²) in [5.74, 6) is 0.00229. The first kappa shape index (κ1) is 14.8. The molecule has 2 atom stereocenters. The fraction of sp³-hybridized carbons (Fsp3) is 0.833. The van der Waals surface area contributed by atoms with Gasteiger partial charge in [-0.2, -0.15) is 0 Å². The van der Waals surface area contributed by atoms with Gasteiger partial charge < -0.3 is 20.3 Å². The maximum atomic E-state index is 11.6. The molecule has 0 aromatic carbocycles. The standard InChI is InChI=1S/C12H23N3O3/c1-9(10-5-4-8-18-10)14-12(17)13-7-6-11(16)15(2)3/h9-10H,4-8H2,1-3H3,(H2,13,14,17). The van der Waals surface area contributed by atoms with Crippen LogP contribution in [0.3, 0.4) is 0 Å². The Labute approximate surface area is 108 Å². The molecule has 2 unspecified atom stereocenters. The second kappa shape index (κ2) is 7.20. The lowest BCUT2D eigenvalue weighted by atomic mass is 10.1. The molecule has 1 aliphatic heterocycles. The van der Waals surface area contributed by atoms with Gasteiger partial charge in [-0.05, 0) is 19.8 Å². The van der Waals surface area contributed by atoms with Gasteiger partial charge in [0.15, 0.2) is 0 Å². The Morgan fingerprint density at radius 1 is 1.44 bits per heavy atom. The lowest BCUT2D eigenvalue weighted by Gasteiger charge is -2.20. The second-order valence-corrected chi connectivity index (χ2v) is 4.78. The summed E-state index contributed by atoms with van der Waals surface area (Å²) in [6.07, 6.45) is 2.46. The fourth-order valence-corrected chi connectivity index (χ4v) is 1.85.